The fourth-order valence-electron chi connectivity index (χ4n) is 1.12. The van der Waals surface area contributed by atoms with Crippen LogP contribution in [0, 0.1) is 6.92 Å². The van der Waals surface area contributed by atoms with Gasteiger partial charge in [-0.15, -0.1) is 0 Å². The zero-order chi connectivity index (χ0) is 10.6. The molecule has 5 nitrogen and oxygen atoms in total. The topological polar surface area (TPSA) is 69.8 Å². The van der Waals surface area contributed by atoms with Gasteiger partial charge < -0.3 is 15.6 Å². The van der Waals surface area contributed by atoms with E-state index >= 15 is 0 Å². The highest BCUT2D eigenvalue weighted by molar-refractivity contribution is 5.80. The summed E-state index contributed by atoms with van der Waals surface area (Å²) < 4.78 is 0. The van der Waals surface area contributed by atoms with Crippen molar-refractivity contribution in [1.82, 2.24) is 20.6 Å². The second-order valence-electron chi connectivity index (χ2n) is 3.19. The van der Waals surface area contributed by atoms with Gasteiger partial charge in [-0.3, -0.25) is 4.79 Å². The van der Waals surface area contributed by atoms with Crippen LogP contribution < -0.4 is 10.6 Å². The zero-order valence-corrected chi connectivity index (χ0v) is 8.72. The number of aromatic nitrogens is 2. The predicted molar refractivity (Wildman–Crippen MR) is 53.7 cm³/mol. The summed E-state index contributed by atoms with van der Waals surface area (Å²) in [4.78, 5) is 18.3. The molecular weight excluding hydrogens is 180 g/mol. The minimum atomic E-state index is -0.198. The Bertz CT molecular complexity index is 308. The highest BCUT2D eigenvalue weighted by atomic mass is 16.2. The molecule has 0 saturated heterocycles. The lowest BCUT2D eigenvalue weighted by atomic mass is 10.3. The molecule has 1 unspecified atom stereocenters. The van der Waals surface area contributed by atoms with Crippen LogP contribution in [0.2, 0.25) is 0 Å². The third kappa shape index (κ3) is 2.56. The number of aryl methyl sites for hydroxylation is 1. The first-order chi connectivity index (χ1) is 6.65. The summed E-state index contributed by atoms with van der Waals surface area (Å²) in [6.45, 7) is 4.37. The fourth-order valence-corrected chi connectivity index (χ4v) is 1.12. The Labute approximate surface area is 83.3 Å². The van der Waals surface area contributed by atoms with E-state index in [-0.39, 0.29) is 11.9 Å². The third-order valence-electron chi connectivity index (χ3n) is 2.15. The van der Waals surface area contributed by atoms with Crippen LogP contribution in [0.1, 0.15) is 18.3 Å². The van der Waals surface area contributed by atoms with Gasteiger partial charge in [-0.2, -0.15) is 0 Å². The number of H-pyrrole nitrogens is 1. The van der Waals surface area contributed by atoms with Crippen molar-refractivity contribution >= 4 is 5.91 Å². The van der Waals surface area contributed by atoms with Crippen molar-refractivity contribution < 1.29 is 4.79 Å². The van der Waals surface area contributed by atoms with E-state index in [4.69, 9.17) is 0 Å². The largest absolute Gasteiger partial charge is 0.358 e. The molecule has 1 amide bonds. The average Bonchev–Trinajstić information content (AvgIpc) is 2.59. The lowest BCUT2D eigenvalue weighted by Gasteiger charge is -2.10. The normalized spacial score (nSPS) is 12.5. The van der Waals surface area contributed by atoms with Crippen LogP contribution >= 0.6 is 0 Å². The van der Waals surface area contributed by atoms with E-state index in [0.29, 0.717) is 6.54 Å². The molecule has 5 heteroatoms. The van der Waals surface area contributed by atoms with E-state index in [0.717, 1.165) is 11.4 Å². The predicted octanol–water partition coefficient (Wildman–Crippen LogP) is -0.0578. The number of imidazole rings is 1. The van der Waals surface area contributed by atoms with Gasteiger partial charge in [-0.1, -0.05) is 0 Å². The molecule has 0 aliphatic heterocycles. The summed E-state index contributed by atoms with van der Waals surface area (Å²) in [6, 6.07) is -0.198. The molecule has 0 aromatic carbocycles. The van der Waals surface area contributed by atoms with Crippen molar-refractivity contribution in [3.63, 3.8) is 0 Å². The van der Waals surface area contributed by atoms with Gasteiger partial charge >= 0.3 is 0 Å². The van der Waals surface area contributed by atoms with E-state index in [1.165, 1.54) is 0 Å². The van der Waals surface area contributed by atoms with Crippen molar-refractivity contribution in [3.8, 4) is 0 Å². The number of aromatic amines is 1. The molecule has 0 aliphatic carbocycles. The summed E-state index contributed by atoms with van der Waals surface area (Å²) >= 11 is 0. The summed E-state index contributed by atoms with van der Waals surface area (Å²) in [7, 11) is 1.63. The molecule has 1 rings (SSSR count). The van der Waals surface area contributed by atoms with E-state index in [9.17, 15) is 4.79 Å². The lowest BCUT2D eigenvalue weighted by Crippen LogP contribution is -2.40. The maximum absolute atomic E-state index is 11.2. The number of carbonyl (C=O) groups is 1. The molecule has 3 N–H and O–H groups in total. The van der Waals surface area contributed by atoms with Crippen LogP contribution in [-0.2, 0) is 11.3 Å². The van der Waals surface area contributed by atoms with Crippen LogP contribution in [0.4, 0.5) is 0 Å². The van der Waals surface area contributed by atoms with Crippen molar-refractivity contribution in [1.29, 1.82) is 0 Å². The average molecular weight is 196 g/mol. The third-order valence-corrected chi connectivity index (χ3v) is 2.15. The van der Waals surface area contributed by atoms with Crippen LogP contribution in [0.15, 0.2) is 6.33 Å². The molecule has 0 radical (unpaired) electrons. The number of likely N-dealkylation sites (N-methyl/N-ethyl adjacent to an activating group) is 1. The number of nitrogens with one attached hydrogen (secondary N) is 3. The first-order valence-corrected chi connectivity index (χ1v) is 4.59. The molecule has 78 valence electrons. The SMILES string of the molecule is CNC(=O)C(C)NCc1nc[nH]c1C. The molecule has 1 aromatic heterocycles. The summed E-state index contributed by atoms with van der Waals surface area (Å²) in [6.07, 6.45) is 1.65. The highest BCUT2D eigenvalue weighted by Crippen LogP contribution is 1.99. The van der Waals surface area contributed by atoms with Gasteiger partial charge in [0.05, 0.1) is 18.1 Å². The molecule has 1 aromatic rings. The molecule has 0 spiro atoms. The molecule has 1 heterocycles. The summed E-state index contributed by atoms with van der Waals surface area (Å²) in [5, 5.41) is 5.66. The van der Waals surface area contributed by atoms with Crippen LogP contribution in [0.25, 0.3) is 0 Å². The van der Waals surface area contributed by atoms with Gasteiger partial charge in [0, 0.05) is 19.3 Å². The first-order valence-electron chi connectivity index (χ1n) is 4.59. The molecule has 1 atom stereocenters. The lowest BCUT2D eigenvalue weighted by molar-refractivity contribution is -0.122. The molecule has 0 aliphatic rings. The zero-order valence-electron chi connectivity index (χ0n) is 8.72. The summed E-state index contributed by atoms with van der Waals surface area (Å²) in [5.74, 6) is -0.0156. The van der Waals surface area contributed by atoms with Gasteiger partial charge in [0.1, 0.15) is 0 Å². The van der Waals surface area contributed by atoms with E-state index in [2.05, 4.69) is 20.6 Å². The van der Waals surface area contributed by atoms with Gasteiger partial charge in [-0.05, 0) is 13.8 Å². The molecule has 0 bridgehead atoms. The highest BCUT2D eigenvalue weighted by Gasteiger charge is 2.10. The Morgan fingerprint density at radius 1 is 1.71 bits per heavy atom. The van der Waals surface area contributed by atoms with E-state index in [1.807, 2.05) is 13.8 Å². The monoisotopic (exact) mass is 196 g/mol. The van der Waals surface area contributed by atoms with E-state index in [1.54, 1.807) is 13.4 Å². The van der Waals surface area contributed by atoms with Crippen molar-refractivity contribution in [2.24, 2.45) is 0 Å². The van der Waals surface area contributed by atoms with Crippen LogP contribution in [0.3, 0.4) is 0 Å². The fraction of sp³-hybridized carbons (Fsp3) is 0.556. The van der Waals surface area contributed by atoms with Crippen molar-refractivity contribution in [3.05, 3.63) is 17.7 Å². The Hall–Kier alpha value is -1.36. The second-order valence-corrected chi connectivity index (χ2v) is 3.19. The van der Waals surface area contributed by atoms with Crippen molar-refractivity contribution in [2.45, 2.75) is 26.4 Å². The van der Waals surface area contributed by atoms with E-state index < -0.39 is 0 Å². The molecule has 0 saturated carbocycles. The minimum absolute atomic E-state index is 0.0156. The van der Waals surface area contributed by atoms with Gasteiger partial charge in [0.15, 0.2) is 0 Å². The number of carbonyl (C=O) groups excluding carboxylic acids is 1. The quantitative estimate of drug-likeness (QED) is 0.632. The molecular formula is C9H16N4O. The van der Waals surface area contributed by atoms with Gasteiger partial charge in [-0.25, -0.2) is 4.98 Å². The first kappa shape index (κ1) is 10.7. The maximum Gasteiger partial charge on any atom is 0.236 e. The Morgan fingerprint density at radius 2 is 2.43 bits per heavy atom. The second kappa shape index (κ2) is 4.76. The molecule has 0 fully saturated rings. The minimum Gasteiger partial charge on any atom is -0.358 e. The number of hydrogen-bond acceptors (Lipinski definition) is 3. The maximum atomic E-state index is 11.2. The van der Waals surface area contributed by atoms with Crippen LogP contribution in [-0.4, -0.2) is 29.0 Å². The Balaban J connectivity index is 2.41. The van der Waals surface area contributed by atoms with Crippen LogP contribution in [0.5, 0.6) is 0 Å². The number of nitrogens with zero attached hydrogens (tertiary/aromatic N) is 1. The molecule has 14 heavy (non-hydrogen) atoms. The standard InChI is InChI=1S/C9H16N4O/c1-6-8(13-5-12-6)4-11-7(2)9(14)10-3/h5,7,11H,4H2,1-3H3,(H,10,14)(H,12,13). The summed E-state index contributed by atoms with van der Waals surface area (Å²) in [5.41, 5.74) is 1.97. The Morgan fingerprint density at radius 3 is 2.93 bits per heavy atom. The van der Waals surface area contributed by atoms with Gasteiger partial charge in [0.25, 0.3) is 0 Å². The smallest absolute Gasteiger partial charge is 0.236 e. The van der Waals surface area contributed by atoms with Crippen molar-refractivity contribution in [2.75, 3.05) is 7.05 Å². The Kier molecular flexibility index (Phi) is 3.64. The van der Waals surface area contributed by atoms with Gasteiger partial charge in [0.2, 0.25) is 5.91 Å². The number of amides is 1. The number of rotatable bonds is 4. The number of hydrogen-bond donors (Lipinski definition) is 3.